The number of carbonyl (C=O) groups is 1. The SMILES string of the molecule is O=C(O)c1cc(-c2cc(F)ccc2N2CCCCC2)n[nH]1. The van der Waals surface area contributed by atoms with Crippen LogP contribution in [0.2, 0.25) is 0 Å². The number of carboxylic acids is 1. The van der Waals surface area contributed by atoms with E-state index in [0.717, 1.165) is 31.6 Å². The first-order valence-corrected chi connectivity index (χ1v) is 6.99. The summed E-state index contributed by atoms with van der Waals surface area (Å²) < 4.78 is 13.6. The average Bonchev–Trinajstić information content (AvgIpc) is 2.98. The van der Waals surface area contributed by atoms with E-state index in [4.69, 9.17) is 5.11 Å². The Hall–Kier alpha value is -2.37. The van der Waals surface area contributed by atoms with E-state index in [1.54, 1.807) is 6.07 Å². The summed E-state index contributed by atoms with van der Waals surface area (Å²) in [5.41, 5.74) is 1.98. The highest BCUT2D eigenvalue weighted by Crippen LogP contribution is 2.32. The van der Waals surface area contributed by atoms with Crippen LogP contribution in [-0.4, -0.2) is 34.4 Å². The molecular weight excluding hydrogens is 273 g/mol. The Morgan fingerprint density at radius 2 is 2.00 bits per heavy atom. The molecule has 0 radical (unpaired) electrons. The van der Waals surface area contributed by atoms with Crippen molar-refractivity contribution in [2.24, 2.45) is 0 Å². The lowest BCUT2D eigenvalue weighted by Crippen LogP contribution is -2.29. The first-order valence-electron chi connectivity index (χ1n) is 6.99. The Morgan fingerprint density at radius 3 is 2.67 bits per heavy atom. The highest BCUT2D eigenvalue weighted by Gasteiger charge is 2.18. The number of nitrogens with one attached hydrogen (secondary N) is 1. The molecule has 1 aliphatic rings. The van der Waals surface area contributed by atoms with Gasteiger partial charge in [0, 0.05) is 24.3 Å². The van der Waals surface area contributed by atoms with E-state index in [0.29, 0.717) is 11.3 Å². The van der Waals surface area contributed by atoms with Crippen LogP contribution in [0.5, 0.6) is 0 Å². The van der Waals surface area contributed by atoms with E-state index in [1.807, 2.05) is 0 Å². The number of nitrogens with zero attached hydrogens (tertiary/aromatic N) is 2. The molecule has 2 N–H and O–H groups in total. The molecule has 0 bridgehead atoms. The summed E-state index contributed by atoms with van der Waals surface area (Å²) in [5, 5.41) is 15.4. The molecule has 2 aromatic rings. The maximum Gasteiger partial charge on any atom is 0.353 e. The number of carboxylic acid groups (broad SMARTS) is 1. The number of hydrogen-bond acceptors (Lipinski definition) is 3. The maximum atomic E-state index is 13.6. The molecule has 3 rings (SSSR count). The summed E-state index contributed by atoms with van der Waals surface area (Å²) in [5.74, 6) is -1.43. The molecule has 1 aromatic heterocycles. The first kappa shape index (κ1) is 13.6. The van der Waals surface area contributed by atoms with Gasteiger partial charge in [-0.05, 0) is 43.5 Å². The Balaban J connectivity index is 2.02. The van der Waals surface area contributed by atoms with Crippen LogP contribution >= 0.6 is 0 Å². The summed E-state index contributed by atoms with van der Waals surface area (Å²) in [6, 6.07) is 6.01. The molecule has 110 valence electrons. The number of aromatic carboxylic acids is 1. The summed E-state index contributed by atoms with van der Waals surface area (Å²) in [7, 11) is 0. The minimum absolute atomic E-state index is 0.00106. The Kier molecular flexibility index (Phi) is 3.60. The van der Waals surface area contributed by atoms with Crippen molar-refractivity contribution in [2.45, 2.75) is 19.3 Å². The van der Waals surface area contributed by atoms with Crippen LogP contribution in [0, 0.1) is 5.82 Å². The number of aromatic nitrogens is 2. The zero-order valence-corrected chi connectivity index (χ0v) is 11.5. The maximum absolute atomic E-state index is 13.6. The molecule has 1 aromatic carbocycles. The number of benzene rings is 1. The van der Waals surface area contributed by atoms with Crippen LogP contribution in [0.3, 0.4) is 0 Å². The van der Waals surface area contributed by atoms with Crippen molar-refractivity contribution < 1.29 is 14.3 Å². The number of rotatable bonds is 3. The quantitative estimate of drug-likeness (QED) is 0.911. The van der Waals surface area contributed by atoms with Crippen LogP contribution in [0.25, 0.3) is 11.3 Å². The number of anilines is 1. The second-order valence-corrected chi connectivity index (χ2v) is 5.18. The van der Waals surface area contributed by atoms with Crippen LogP contribution < -0.4 is 4.90 Å². The standard InChI is InChI=1S/C15H16FN3O2/c16-10-4-5-14(19-6-2-1-3-7-19)11(8-10)12-9-13(15(20)21)18-17-12/h4-5,8-9H,1-3,6-7H2,(H,17,18)(H,20,21). The highest BCUT2D eigenvalue weighted by molar-refractivity contribution is 5.88. The fraction of sp³-hybridized carbons (Fsp3) is 0.333. The Labute approximate surface area is 121 Å². The third kappa shape index (κ3) is 2.74. The molecule has 1 fully saturated rings. The number of halogens is 1. The molecule has 6 heteroatoms. The number of hydrogen-bond donors (Lipinski definition) is 2. The van der Waals surface area contributed by atoms with Gasteiger partial charge in [-0.15, -0.1) is 0 Å². The highest BCUT2D eigenvalue weighted by atomic mass is 19.1. The fourth-order valence-corrected chi connectivity index (χ4v) is 2.69. The third-order valence-corrected chi connectivity index (χ3v) is 3.74. The van der Waals surface area contributed by atoms with Gasteiger partial charge in [-0.25, -0.2) is 9.18 Å². The molecule has 0 aliphatic carbocycles. The van der Waals surface area contributed by atoms with E-state index >= 15 is 0 Å². The van der Waals surface area contributed by atoms with Gasteiger partial charge in [-0.2, -0.15) is 5.10 Å². The molecule has 21 heavy (non-hydrogen) atoms. The molecule has 0 atom stereocenters. The Morgan fingerprint density at radius 1 is 1.24 bits per heavy atom. The van der Waals surface area contributed by atoms with Gasteiger partial charge in [0.25, 0.3) is 0 Å². The molecule has 0 spiro atoms. The van der Waals surface area contributed by atoms with Crippen molar-refractivity contribution in [2.75, 3.05) is 18.0 Å². The van der Waals surface area contributed by atoms with Crippen LogP contribution in [0.4, 0.5) is 10.1 Å². The van der Waals surface area contributed by atoms with E-state index in [9.17, 15) is 9.18 Å². The lowest BCUT2D eigenvalue weighted by atomic mass is 10.0. The van der Waals surface area contributed by atoms with Crippen molar-refractivity contribution in [1.29, 1.82) is 0 Å². The van der Waals surface area contributed by atoms with Gasteiger partial charge >= 0.3 is 5.97 Å². The molecule has 2 heterocycles. The van der Waals surface area contributed by atoms with Crippen molar-refractivity contribution in [1.82, 2.24) is 10.2 Å². The van der Waals surface area contributed by atoms with Crippen molar-refractivity contribution >= 4 is 11.7 Å². The minimum atomic E-state index is -1.08. The van der Waals surface area contributed by atoms with Crippen LogP contribution in [0.15, 0.2) is 24.3 Å². The molecule has 0 amide bonds. The predicted molar refractivity (Wildman–Crippen MR) is 77.0 cm³/mol. The topological polar surface area (TPSA) is 69.2 Å². The number of H-pyrrole nitrogens is 1. The van der Waals surface area contributed by atoms with E-state index in [1.165, 1.54) is 24.6 Å². The van der Waals surface area contributed by atoms with Crippen molar-refractivity contribution in [3.05, 3.63) is 35.8 Å². The number of aromatic amines is 1. The summed E-state index contributed by atoms with van der Waals surface area (Å²) >= 11 is 0. The van der Waals surface area contributed by atoms with Crippen LogP contribution in [0.1, 0.15) is 29.8 Å². The zero-order chi connectivity index (χ0) is 14.8. The van der Waals surface area contributed by atoms with Gasteiger partial charge < -0.3 is 10.0 Å². The van der Waals surface area contributed by atoms with Crippen molar-refractivity contribution in [3.63, 3.8) is 0 Å². The summed E-state index contributed by atoms with van der Waals surface area (Å²) in [6.45, 7) is 1.85. The third-order valence-electron chi connectivity index (χ3n) is 3.74. The summed E-state index contributed by atoms with van der Waals surface area (Å²) in [4.78, 5) is 13.1. The van der Waals surface area contributed by atoms with Gasteiger partial charge in [-0.3, -0.25) is 5.10 Å². The molecule has 5 nitrogen and oxygen atoms in total. The van der Waals surface area contributed by atoms with Gasteiger partial charge in [0.05, 0.1) is 5.69 Å². The lowest BCUT2D eigenvalue weighted by molar-refractivity contribution is 0.0690. The molecule has 1 saturated heterocycles. The summed E-state index contributed by atoms with van der Waals surface area (Å²) in [6.07, 6.45) is 3.42. The first-order chi connectivity index (χ1) is 10.1. The van der Waals surface area contributed by atoms with Crippen LogP contribution in [-0.2, 0) is 0 Å². The van der Waals surface area contributed by atoms with Gasteiger partial charge in [0.15, 0.2) is 0 Å². The van der Waals surface area contributed by atoms with Gasteiger partial charge in [0.1, 0.15) is 11.5 Å². The lowest BCUT2D eigenvalue weighted by Gasteiger charge is -2.30. The Bertz CT molecular complexity index is 663. The zero-order valence-electron chi connectivity index (χ0n) is 11.5. The van der Waals surface area contributed by atoms with E-state index < -0.39 is 5.97 Å². The van der Waals surface area contributed by atoms with Gasteiger partial charge in [0.2, 0.25) is 0 Å². The molecular formula is C15H16FN3O2. The van der Waals surface area contributed by atoms with Gasteiger partial charge in [-0.1, -0.05) is 0 Å². The molecule has 0 unspecified atom stereocenters. The minimum Gasteiger partial charge on any atom is -0.477 e. The predicted octanol–water partition coefficient (Wildman–Crippen LogP) is 2.90. The fourth-order valence-electron chi connectivity index (χ4n) is 2.69. The smallest absolute Gasteiger partial charge is 0.353 e. The second-order valence-electron chi connectivity index (χ2n) is 5.18. The molecule has 0 saturated carbocycles. The van der Waals surface area contributed by atoms with E-state index in [2.05, 4.69) is 15.1 Å². The normalized spacial score (nSPS) is 15.2. The monoisotopic (exact) mass is 289 g/mol. The van der Waals surface area contributed by atoms with E-state index in [-0.39, 0.29) is 11.5 Å². The largest absolute Gasteiger partial charge is 0.477 e. The number of piperidine rings is 1. The second kappa shape index (κ2) is 5.55. The van der Waals surface area contributed by atoms with Crippen molar-refractivity contribution in [3.8, 4) is 11.3 Å². The molecule has 1 aliphatic heterocycles. The average molecular weight is 289 g/mol.